The number of rotatable bonds is 5. The van der Waals surface area contributed by atoms with Gasteiger partial charge in [-0.25, -0.2) is 0 Å². The van der Waals surface area contributed by atoms with Crippen molar-refractivity contribution in [2.24, 2.45) is 0 Å². The Bertz CT molecular complexity index is 1010. The van der Waals surface area contributed by atoms with Gasteiger partial charge in [-0.3, -0.25) is 9.48 Å². The van der Waals surface area contributed by atoms with E-state index in [0.717, 1.165) is 0 Å². The zero-order valence-electron chi connectivity index (χ0n) is 17.8. The van der Waals surface area contributed by atoms with Crippen molar-refractivity contribution in [2.75, 3.05) is 46.2 Å². The number of halogens is 3. The van der Waals surface area contributed by atoms with Gasteiger partial charge in [0.05, 0.1) is 63.5 Å². The Kier molecular flexibility index (Phi) is 6.16. The van der Waals surface area contributed by atoms with Crippen LogP contribution >= 0.6 is 0 Å². The molecule has 2 aromatic heterocycles. The van der Waals surface area contributed by atoms with E-state index in [1.54, 1.807) is 10.9 Å². The van der Waals surface area contributed by atoms with Gasteiger partial charge in [0.25, 0.3) is 5.91 Å². The zero-order chi connectivity index (χ0) is 23.0. The molecule has 1 amide bonds. The summed E-state index contributed by atoms with van der Waals surface area (Å²) in [5.41, 5.74) is -0.401. The van der Waals surface area contributed by atoms with E-state index in [2.05, 4.69) is 10.4 Å². The lowest BCUT2D eigenvalue weighted by molar-refractivity contribution is -0.137. The predicted molar refractivity (Wildman–Crippen MR) is 106 cm³/mol. The van der Waals surface area contributed by atoms with Crippen LogP contribution in [0, 0.1) is 0 Å². The third kappa shape index (κ3) is 4.65. The number of hydrogen-bond acceptors (Lipinski definition) is 7. The number of aromatic nitrogens is 2. The second-order valence-corrected chi connectivity index (χ2v) is 8.17. The standard InChI is InChI=1S/C21H24F3N3O6/c22-21(23,24)17-16-15(33-19(17)20(28)25-7-13-10-29-3-5-31-13)2-1-12-8-27(26-18(12)16)9-14-11-30-4-6-32-14/h8,13-14H,1-7,9-11H2,(H,25,28)/t13-,14-/m0/s1. The minimum atomic E-state index is -4.80. The summed E-state index contributed by atoms with van der Waals surface area (Å²) in [7, 11) is 0. The molecule has 33 heavy (non-hydrogen) atoms. The molecule has 1 aliphatic carbocycles. The minimum absolute atomic E-state index is 0.0187. The molecule has 2 aliphatic heterocycles. The van der Waals surface area contributed by atoms with Crippen molar-refractivity contribution in [2.45, 2.75) is 37.8 Å². The molecule has 0 aromatic carbocycles. The molecule has 4 heterocycles. The monoisotopic (exact) mass is 471 g/mol. The summed E-state index contributed by atoms with van der Waals surface area (Å²) in [6.07, 6.45) is -3.01. The number of carbonyl (C=O) groups is 1. The van der Waals surface area contributed by atoms with E-state index in [0.29, 0.717) is 51.6 Å². The van der Waals surface area contributed by atoms with Gasteiger partial charge < -0.3 is 28.7 Å². The lowest BCUT2D eigenvalue weighted by atomic mass is 9.93. The molecule has 9 nitrogen and oxygen atoms in total. The smallest absolute Gasteiger partial charge is 0.420 e. The van der Waals surface area contributed by atoms with E-state index >= 15 is 0 Å². The van der Waals surface area contributed by atoms with E-state index < -0.39 is 29.5 Å². The highest BCUT2D eigenvalue weighted by molar-refractivity contribution is 5.96. The summed E-state index contributed by atoms with van der Waals surface area (Å²) >= 11 is 0. The maximum absolute atomic E-state index is 14.1. The Hall–Kier alpha value is -2.41. The van der Waals surface area contributed by atoms with Crippen molar-refractivity contribution < 1.29 is 41.3 Å². The van der Waals surface area contributed by atoms with Gasteiger partial charge in [-0.2, -0.15) is 18.3 Å². The van der Waals surface area contributed by atoms with Crippen molar-refractivity contribution in [1.29, 1.82) is 0 Å². The average molecular weight is 471 g/mol. The molecule has 2 saturated heterocycles. The molecule has 180 valence electrons. The van der Waals surface area contributed by atoms with E-state index in [-0.39, 0.29) is 42.7 Å². The number of alkyl halides is 3. The van der Waals surface area contributed by atoms with Crippen molar-refractivity contribution in [3.63, 3.8) is 0 Å². The van der Waals surface area contributed by atoms with Crippen LogP contribution in [0.4, 0.5) is 13.2 Å². The first-order valence-corrected chi connectivity index (χ1v) is 10.9. The molecule has 5 rings (SSSR count). The van der Waals surface area contributed by atoms with Crippen molar-refractivity contribution >= 4 is 5.91 Å². The van der Waals surface area contributed by atoms with Crippen molar-refractivity contribution in [3.8, 4) is 11.3 Å². The van der Waals surface area contributed by atoms with Gasteiger partial charge >= 0.3 is 6.18 Å². The number of furan rings is 1. The van der Waals surface area contributed by atoms with E-state index in [1.807, 2.05) is 0 Å². The van der Waals surface area contributed by atoms with Crippen molar-refractivity contribution in [3.05, 3.63) is 28.8 Å². The van der Waals surface area contributed by atoms with Gasteiger partial charge in [-0.1, -0.05) is 0 Å². The molecular formula is C21H24F3N3O6. The SMILES string of the molecule is O=C(NC[C@H]1COCCO1)c1oc2c(c1C(F)(F)F)-c1nn(C[C@H]3COCCO3)cc1CC2. The van der Waals surface area contributed by atoms with E-state index in [4.69, 9.17) is 23.4 Å². The molecule has 0 spiro atoms. The molecular weight excluding hydrogens is 447 g/mol. The third-order valence-corrected chi connectivity index (χ3v) is 5.82. The highest BCUT2D eigenvalue weighted by Crippen LogP contribution is 2.46. The Morgan fingerprint density at radius 3 is 2.48 bits per heavy atom. The third-order valence-electron chi connectivity index (χ3n) is 5.82. The maximum Gasteiger partial charge on any atom is 0.420 e. The average Bonchev–Trinajstić information content (AvgIpc) is 3.39. The normalized spacial score (nSPS) is 23.1. The molecule has 2 fully saturated rings. The molecule has 0 bridgehead atoms. The highest BCUT2D eigenvalue weighted by atomic mass is 19.4. The molecule has 2 atom stereocenters. The number of nitrogens with zero attached hydrogens (tertiary/aromatic N) is 2. The predicted octanol–water partition coefficient (Wildman–Crippen LogP) is 1.82. The van der Waals surface area contributed by atoms with Crippen LogP contribution in [-0.2, 0) is 44.5 Å². The maximum atomic E-state index is 14.1. The molecule has 12 heteroatoms. The first-order chi connectivity index (χ1) is 15.9. The second-order valence-electron chi connectivity index (χ2n) is 8.17. The molecule has 0 radical (unpaired) electrons. The first kappa shape index (κ1) is 22.4. The topological polar surface area (TPSA) is 97.0 Å². The summed E-state index contributed by atoms with van der Waals surface area (Å²) < 4.78 is 71.2. The minimum Gasteiger partial charge on any atom is -0.455 e. The summed E-state index contributed by atoms with van der Waals surface area (Å²) in [4.78, 5) is 12.7. The fourth-order valence-electron chi connectivity index (χ4n) is 4.32. The molecule has 3 aliphatic rings. The largest absolute Gasteiger partial charge is 0.455 e. The van der Waals surface area contributed by atoms with E-state index in [9.17, 15) is 18.0 Å². The highest BCUT2D eigenvalue weighted by Gasteiger charge is 2.45. The van der Waals surface area contributed by atoms with Crippen LogP contribution in [0.2, 0.25) is 0 Å². The Morgan fingerprint density at radius 1 is 1.09 bits per heavy atom. The number of fused-ring (bicyclic) bond motifs is 3. The number of nitrogens with one attached hydrogen (secondary N) is 1. The van der Waals surface area contributed by atoms with Gasteiger partial charge in [0.2, 0.25) is 5.76 Å². The van der Waals surface area contributed by atoms with Crippen LogP contribution in [0.25, 0.3) is 11.3 Å². The summed E-state index contributed by atoms with van der Waals surface area (Å²) in [5, 5.41) is 6.89. The Labute approximate surface area is 187 Å². The summed E-state index contributed by atoms with van der Waals surface area (Å²) in [6.45, 7) is 2.84. The van der Waals surface area contributed by atoms with Crippen LogP contribution in [0.15, 0.2) is 10.6 Å². The molecule has 2 aromatic rings. The van der Waals surface area contributed by atoms with Crippen LogP contribution in [0.5, 0.6) is 0 Å². The van der Waals surface area contributed by atoms with Crippen molar-refractivity contribution in [1.82, 2.24) is 15.1 Å². The number of carbonyl (C=O) groups excluding carboxylic acids is 1. The quantitative estimate of drug-likeness (QED) is 0.711. The van der Waals surface area contributed by atoms with Gasteiger partial charge in [0, 0.05) is 19.2 Å². The van der Waals surface area contributed by atoms with Crippen LogP contribution in [0.1, 0.15) is 27.4 Å². The Morgan fingerprint density at radius 2 is 1.82 bits per heavy atom. The zero-order valence-corrected chi connectivity index (χ0v) is 17.8. The Balaban J connectivity index is 1.42. The van der Waals surface area contributed by atoms with Crippen LogP contribution < -0.4 is 5.32 Å². The summed E-state index contributed by atoms with van der Waals surface area (Å²) in [6, 6.07) is 0. The fraction of sp³-hybridized carbons (Fsp3) is 0.619. The van der Waals surface area contributed by atoms with Gasteiger partial charge in [0.1, 0.15) is 17.4 Å². The number of aryl methyl sites for hydroxylation is 2. The molecule has 1 N–H and O–H groups in total. The van der Waals surface area contributed by atoms with Crippen LogP contribution in [-0.4, -0.2) is 74.1 Å². The van der Waals surface area contributed by atoms with Gasteiger partial charge in [-0.15, -0.1) is 0 Å². The lowest BCUT2D eigenvalue weighted by Crippen LogP contribution is -2.40. The molecule has 0 saturated carbocycles. The lowest BCUT2D eigenvalue weighted by Gasteiger charge is -2.23. The fourth-order valence-corrected chi connectivity index (χ4v) is 4.32. The number of amides is 1. The molecule has 0 unspecified atom stereocenters. The number of ether oxygens (including phenoxy) is 4. The van der Waals surface area contributed by atoms with Gasteiger partial charge in [0.15, 0.2) is 0 Å². The first-order valence-electron chi connectivity index (χ1n) is 10.9. The van der Waals surface area contributed by atoms with Crippen LogP contribution in [0.3, 0.4) is 0 Å². The summed E-state index contributed by atoms with van der Waals surface area (Å²) in [5.74, 6) is -1.59. The number of hydrogen-bond donors (Lipinski definition) is 1. The van der Waals surface area contributed by atoms with Gasteiger partial charge in [-0.05, 0) is 12.0 Å². The van der Waals surface area contributed by atoms with E-state index in [1.165, 1.54) is 0 Å². The second kappa shape index (κ2) is 9.09.